The number of aliphatic hydroxyl groups is 1. The zero-order valence-electron chi connectivity index (χ0n) is 38.6. The Morgan fingerprint density at radius 1 is 0.656 bits per heavy atom. The molecule has 9 rings (SSSR count). The molecule has 4 bridgehead atoms. The molecule has 64 heavy (non-hydrogen) atoms. The third-order valence-electron chi connectivity index (χ3n) is 15.5. The number of cyclic esters (lactones) is 1. The van der Waals surface area contributed by atoms with Gasteiger partial charge >= 0.3 is 29.8 Å². The SMILES string of the molecule is CC(C)(C)OC(=O)C(C)(C(C)(C)C(=O)OC(c1ccc2ccccc2c1)c1ccc2ccccc2c1)C(C)(C(=O)OC1CCOC1=O)C(C)(C)C(=O)OC12CC3CC(CC(O)(C3)C1)C2. The monoisotopic (exact) mass is 874 g/mol. The Morgan fingerprint density at radius 3 is 1.64 bits per heavy atom. The molecule has 1 heterocycles. The summed E-state index contributed by atoms with van der Waals surface area (Å²) in [6.45, 7) is 14.0. The van der Waals surface area contributed by atoms with E-state index < -0.39 is 80.5 Å². The predicted molar refractivity (Wildman–Crippen MR) is 239 cm³/mol. The Labute approximate surface area is 375 Å². The molecule has 0 spiro atoms. The quantitative estimate of drug-likeness (QED) is 0.107. The number of fused-ring (bicyclic) bond motifs is 2. The lowest BCUT2D eigenvalue weighted by Gasteiger charge is -2.60. The standard InChI is InChI=1S/C53H62O11/c1-47(2,3)63-46(58)51(9,48(4,5)43(55)62-41(38-20-18-34-14-10-12-16-36(34)25-38)39-21-19-35-15-11-13-17-37(35)26-39)50(8,45(57)61-40-22-23-60-42(40)54)49(6,7)44(56)64-53-29-32-24-33(30-53)28-52(59,27-32)31-53/h10-21,25-26,32-33,40-41,59H,22-24,27-31H2,1-9H3. The Hall–Kier alpha value is -5.29. The molecule has 4 aliphatic carbocycles. The van der Waals surface area contributed by atoms with Crippen LogP contribution in [0.3, 0.4) is 0 Å². The van der Waals surface area contributed by atoms with E-state index in [1.54, 1.807) is 20.8 Å². The summed E-state index contributed by atoms with van der Waals surface area (Å²) in [7, 11) is 0. The predicted octanol–water partition coefficient (Wildman–Crippen LogP) is 9.52. The molecule has 1 N–H and O–H groups in total. The number of carbonyl (C=O) groups excluding carboxylic acids is 5. The average molecular weight is 875 g/mol. The lowest BCUT2D eigenvalue weighted by Crippen LogP contribution is -2.68. The third-order valence-corrected chi connectivity index (χ3v) is 15.5. The van der Waals surface area contributed by atoms with Crippen LogP contribution in [0.5, 0.6) is 0 Å². The minimum absolute atomic E-state index is 0.0127. The van der Waals surface area contributed by atoms with Gasteiger partial charge in [-0.1, -0.05) is 72.8 Å². The van der Waals surface area contributed by atoms with Crippen LogP contribution in [0.4, 0.5) is 0 Å². The van der Waals surface area contributed by atoms with E-state index in [0.717, 1.165) is 28.0 Å². The Bertz CT molecular complexity index is 2440. The van der Waals surface area contributed by atoms with Crippen molar-refractivity contribution in [2.45, 2.75) is 136 Å². The molecule has 340 valence electrons. The lowest BCUT2D eigenvalue weighted by atomic mass is 9.45. The first-order valence-electron chi connectivity index (χ1n) is 22.7. The van der Waals surface area contributed by atoms with Crippen LogP contribution >= 0.6 is 0 Å². The summed E-state index contributed by atoms with van der Waals surface area (Å²) in [5.74, 6) is -4.14. The number of hydrogen-bond donors (Lipinski definition) is 1. The highest BCUT2D eigenvalue weighted by Gasteiger charge is 2.75. The van der Waals surface area contributed by atoms with Gasteiger partial charge in [0.05, 0.1) is 33.9 Å². The Balaban J connectivity index is 1.25. The van der Waals surface area contributed by atoms with Crippen LogP contribution in [0.25, 0.3) is 21.5 Å². The summed E-state index contributed by atoms with van der Waals surface area (Å²) >= 11 is 0. The van der Waals surface area contributed by atoms with Crippen molar-refractivity contribution in [2.75, 3.05) is 6.61 Å². The zero-order valence-corrected chi connectivity index (χ0v) is 38.6. The van der Waals surface area contributed by atoms with Crippen LogP contribution in [0, 0.1) is 33.5 Å². The van der Waals surface area contributed by atoms with Crippen molar-refractivity contribution in [1.82, 2.24) is 0 Å². The number of benzene rings is 4. The van der Waals surface area contributed by atoms with Crippen molar-refractivity contribution >= 4 is 51.4 Å². The van der Waals surface area contributed by atoms with Gasteiger partial charge in [0.1, 0.15) is 11.2 Å². The molecule has 11 nitrogen and oxygen atoms in total. The molecule has 0 radical (unpaired) electrons. The minimum atomic E-state index is -2.30. The number of carbonyl (C=O) groups is 5. The maximum Gasteiger partial charge on any atom is 0.347 e. The van der Waals surface area contributed by atoms with E-state index in [1.807, 2.05) is 84.9 Å². The highest BCUT2D eigenvalue weighted by atomic mass is 16.6. The van der Waals surface area contributed by atoms with Crippen LogP contribution in [0.15, 0.2) is 84.9 Å². The summed E-state index contributed by atoms with van der Waals surface area (Å²) in [6, 6.07) is 27.3. The van der Waals surface area contributed by atoms with Gasteiger partial charge in [-0.05, 0) is 151 Å². The highest BCUT2D eigenvalue weighted by molar-refractivity contribution is 5.99. The van der Waals surface area contributed by atoms with Crippen LogP contribution in [-0.2, 0) is 47.7 Å². The zero-order chi connectivity index (χ0) is 46.3. The van der Waals surface area contributed by atoms with E-state index in [1.165, 1.54) is 41.5 Å². The average Bonchev–Trinajstić information content (AvgIpc) is 3.62. The van der Waals surface area contributed by atoms with E-state index in [-0.39, 0.29) is 31.3 Å². The van der Waals surface area contributed by atoms with Crippen LogP contribution < -0.4 is 0 Å². The van der Waals surface area contributed by atoms with Gasteiger partial charge in [0, 0.05) is 12.8 Å². The maximum atomic E-state index is 15.6. The minimum Gasteiger partial charge on any atom is -0.463 e. The fourth-order valence-corrected chi connectivity index (χ4v) is 11.7. The van der Waals surface area contributed by atoms with Crippen molar-refractivity contribution in [2.24, 2.45) is 33.5 Å². The Morgan fingerprint density at radius 2 is 1.16 bits per heavy atom. The fourth-order valence-electron chi connectivity index (χ4n) is 11.7. The fraction of sp³-hybridized carbons (Fsp3) is 0.528. The summed E-state index contributed by atoms with van der Waals surface area (Å²) in [5, 5.41) is 15.4. The van der Waals surface area contributed by atoms with Crippen molar-refractivity contribution in [3.05, 3.63) is 96.1 Å². The molecule has 4 aromatic rings. The molecular formula is C53H62O11. The third kappa shape index (κ3) is 7.65. The summed E-state index contributed by atoms with van der Waals surface area (Å²) < 4.78 is 30.7. The van der Waals surface area contributed by atoms with E-state index in [9.17, 15) is 9.90 Å². The Kier molecular flexibility index (Phi) is 11.1. The van der Waals surface area contributed by atoms with Gasteiger partial charge < -0.3 is 28.8 Å². The van der Waals surface area contributed by atoms with Crippen LogP contribution in [0.2, 0.25) is 0 Å². The van der Waals surface area contributed by atoms with Crippen molar-refractivity contribution in [3.8, 4) is 0 Å². The highest BCUT2D eigenvalue weighted by Crippen LogP contribution is 2.64. The first-order valence-corrected chi connectivity index (χ1v) is 22.7. The molecule has 0 aromatic heterocycles. The first kappa shape index (κ1) is 45.3. The molecule has 0 amide bonds. The molecular weight excluding hydrogens is 813 g/mol. The van der Waals surface area contributed by atoms with Gasteiger partial charge in [-0.2, -0.15) is 0 Å². The van der Waals surface area contributed by atoms with E-state index in [4.69, 9.17) is 23.7 Å². The molecule has 5 unspecified atom stereocenters. The van der Waals surface area contributed by atoms with Crippen LogP contribution in [0.1, 0.15) is 124 Å². The molecule has 5 fully saturated rings. The number of esters is 5. The van der Waals surface area contributed by atoms with E-state index in [2.05, 4.69) is 0 Å². The summed E-state index contributed by atoms with van der Waals surface area (Å²) in [4.78, 5) is 74.5. The first-order chi connectivity index (χ1) is 29.9. The largest absolute Gasteiger partial charge is 0.463 e. The van der Waals surface area contributed by atoms with Crippen LogP contribution in [-0.4, -0.2) is 64.5 Å². The topological polar surface area (TPSA) is 152 Å². The van der Waals surface area contributed by atoms with Crippen molar-refractivity contribution < 1.29 is 52.8 Å². The van der Waals surface area contributed by atoms with Gasteiger partial charge in [0.2, 0.25) is 6.10 Å². The number of rotatable bonds is 12. The number of hydrogen-bond acceptors (Lipinski definition) is 11. The molecule has 4 aromatic carbocycles. The second kappa shape index (κ2) is 15.7. The summed E-state index contributed by atoms with van der Waals surface area (Å²) in [6.07, 6.45) is 1.36. The van der Waals surface area contributed by atoms with Gasteiger partial charge in [0.25, 0.3) is 0 Å². The molecule has 11 heteroatoms. The van der Waals surface area contributed by atoms with E-state index in [0.29, 0.717) is 36.8 Å². The summed E-state index contributed by atoms with van der Waals surface area (Å²) in [5.41, 5.74) is -10.2. The maximum absolute atomic E-state index is 15.6. The van der Waals surface area contributed by atoms with E-state index >= 15 is 19.2 Å². The van der Waals surface area contributed by atoms with Crippen molar-refractivity contribution in [3.63, 3.8) is 0 Å². The van der Waals surface area contributed by atoms with Gasteiger partial charge in [-0.25, -0.2) is 4.79 Å². The van der Waals surface area contributed by atoms with Gasteiger partial charge in [0.15, 0.2) is 6.10 Å². The normalized spacial score (nSPS) is 26.2. The number of ether oxygens (including phenoxy) is 5. The smallest absolute Gasteiger partial charge is 0.347 e. The molecule has 1 aliphatic heterocycles. The van der Waals surface area contributed by atoms with Gasteiger partial charge in [-0.15, -0.1) is 0 Å². The molecule has 5 atom stereocenters. The molecule has 4 saturated carbocycles. The second-order valence-electron chi connectivity index (χ2n) is 21.6. The lowest BCUT2D eigenvalue weighted by molar-refractivity contribution is -0.241. The molecule has 5 aliphatic rings. The second-order valence-corrected chi connectivity index (χ2v) is 21.6. The molecule has 1 saturated heterocycles. The van der Waals surface area contributed by atoms with Gasteiger partial charge in [-0.3, -0.25) is 19.2 Å². The van der Waals surface area contributed by atoms with Crippen molar-refractivity contribution in [1.29, 1.82) is 0 Å².